The van der Waals surface area contributed by atoms with Gasteiger partial charge in [-0.25, -0.2) is 0 Å². The van der Waals surface area contributed by atoms with E-state index in [-0.39, 0.29) is 12.1 Å². The van der Waals surface area contributed by atoms with Gasteiger partial charge in [0.15, 0.2) is 0 Å². The number of benzene rings is 6. The number of nitrogens with zero attached hydrogens (tertiary/aromatic N) is 1. The van der Waals surface area contributed by atoms with Crippen molar-refractivity contribution in [2.45, 2.75) is 65.5 Å². The summed E-state index contributed by atoms with van der Waals surface area (Å²) in [7, 11) is 0. The van der Waals surface area contributed by atoms with Gasteiger partial charge in [0.1, 0.15) is 0 Å². The van der Waals surface area contributed by atoms with Gasteiger partial charge in [0, 0.05) is 63.8 Å². The first-order chi connectivity index (χ1) is 25.5. The normalized spacial score (nSPS) is 15.3. The number of halogens is 3. The molecule has 0 radical (unpaired) electrons. The molecule has 1 aliphatic rings. The summed E-state index contributed by atoms with van der Waals surface area (Å²) in [6, 6.07) is 43.2. The molecule has 272 valence electrons. The van der Waals surface area contributed by atoms with Gasteiger partial charge < -0.3 is 21.0 Å². The molecule has 5 N–H and O–H groups in total. The van der Waals surface area contributed by atoms with Crippen LogP contribution in [0.4, 0.5) is 0 Å². The summed E-state index contributed by atoms with van der Waals surface area (Å²) in [5.74, 6) is 0. The van der Waals surface area contributed by atoms with Gasteiger partial charge in [-0.3, -0.25) is 0 Å². The minimum absolute atomic E-state index is 0.281. The number of rotatable bonds is 1. The highest BCUT2D eigenvalue weighted by atomic mass is 79.9. The van der Waals surface area contributed by atoms with Crippen LogP contribution in [-0.2, 0) is 0 Å². The van der Waals surface area contributed by atoms with Crippen molar-refractivity contribution in [3.05, 3.63) is 157 Å². The standard InChI is InChI=1S/C20H16BrN.C12H9N.C8H8Br2.C6H14N2/c1-13-11-15(12-14(2)20(13)21)22-18-9-5-3-7-16(18)17-8-4-6-10-19(17)22;1-3-7-11-9(5-1)10-6-2-4-8-12(10)13-11;1-5-3-7(9)4-6(2)8(5)10;7-5-3-1-2-4-6(5)8/h3-12H,1-2H3;1-8,13H;3-4H,1-2H3;5-6H,1-4,7-8H2. The summed E-state index contributed by atoms with van der Waals surface area (Å²) < 4.78 is 5.90. The van der Waals surface area contributed by atoms with E-state index in [1.165, 1.54) is 93.3 Å². The van der Waals surface area contributed by atoms with E-state index in [2.05, 4.69) is 206 Å². The summed E-state index contributed by atoms with van der Waals surface area (Å²) in [5.41, 5.74) is 22.5. The first-order valence-corrected chi connectivity index (χ1v) is 20.6. The van der Waals surface area contributed by atoms with Crippen LogP contribution >= 0.6 is 47.8 Å². The van der Waals surface area contributed by atoms with E-state index in [1.54, 1.807) is 0 Å². The second kappa shape index (κ2) is 17.6. The molecule has 0 saturated heterocycles. The van der Waals surface area contributed by atoms with Crippen molar-refractivity contribution < 1.29 is 0 Å². The fourth-order valence-electron chi connectivity index (χ4n) is 7.13. The van der Waals surface area contributed by atoms with Crippen molar-refractivity contribution in [1.82, 2.24) is 9.55 Å². The molecule has 0 bridgehead atoms. The van der Waals surface area contributed by atoms with E-state index >= 15 is 0 Å². The van der Waals surface area contributed by atoms with Crippen LogP contribution in [0.1, 0.15) is 47.9 Å². The molecule has 0 spiro atoms. The summed E-state index contributed by atoms with van der Waals surface area (Å²) in [4.78, 5) is 3.38. The van der Waals surface area contributed by atoms with Gasteiger partial charge >= 0.3 is 0 Å². The number of aromatic nitrogens is 2. The first-order valence-electron chi connectivity index (χ1n) is 18.2. The zero-order valence-corrected chi connectivity index (χ0v) is 35.5. The molecule has 2 atom stereocenters. The van der Waals surface area contributed by atoms with Crippen molar-refractivity contribution in [1.29, 1.82) is 0 Å². The minimum Gasteiger partial charge on any atom is -0.355 e. The zero-order valence-electron chi connectivity index (χ0n) is 30.8. The molecule has 2 heterocycles. The Labute approximate surface area is 338 Å². The van der Waals surface area contributed by atoms with E-state index in [0.717, 1.165) is 17.3 Å². The molecule has 9 rings (SSSR count). The average molecular weight is 896 g/mol. The Kier molecular flexibility index (Phi) is 13.0. The Morgan fingerprint density at radius 3 is 1.28 bits per heavy atom. The van der Waals surface area contributed by atoms with Crippen LogP contribution in [0.3, 0.4) is 0 Å². The van der Waals surface area contributed by atoms with Crippen LogP contribution in [0, 0.1) is 27.7 Å². The first kappa shape index (κ1) is 39.0. The predicted molar refractivity (Wildman–Crippen MR) is 239 cm³/mol. The fraction of sp³-hybridized carbons (Fsp3) is 0.217. The summed E-state index contributed by atoms with van der Waals surface area (Å²) in [6.45, 7) is 8.46. The lowest BCUT2D eigenvalue weighted by Crippen LogP contribution is -2.43. The maximum atomic E-state index is 5.65. The molecule has 53 heavy (non-hydrogen) atoms. The fourth-order valence-corrected chi connectivity index (χ4v) is 8.28. The number of hydrogen-bond acceptors (Lipinski definition) is 2. The maximum absolute atomic E-state index is 5.65. The van der Waals surface area contributed by atoms with Gasteiger partial charge in [0.25, 0.3) is 0 Å². The SMILES string of the molecule is Cc1cc(-n2c3ccccc3c3ccccc32)cc(C)c1Br.Cc1cc(Br)cc(C)c1Br.NC1CCCCC1N.c1ccc2c(c1)[nH]c1ccccc12. The smallest absolute Gasteiger partial charge is 0.0541 e. The van der Waals surface area contributed by atoms with Gasteiger partial charge in [0.2, 0.25) is 0 Å². The van der Waals surface area contributed by atoms with Crippen LogP contribution in [0.25, 0.3) is 49.3 Å². The topological polar surface area (TPSA) is 72.8 Å². The monoisotopic (exact) mass is 892 g/mol. The molecule has 1 fully saturated rings. The van der Waals surface area contributed by atoms with Crippen molar-refractivity contribution in [3.63, 3.8) is 0 Å². The van der Waals surface area contributed by atoms with Crippen LogP contribution < -0.4 is 11.5 Å². The number of fused-ring (bicyclic) bond motifs is 6. The van der Waals surface area contributed by atoms with Crippen LogP contribution in [0.2, 0.25) is 0 Å². The number of aromatic amines is 1. The van der Waals surface area contributed by atoms with Crippen LogP contribution in [0.15, 0.2) is 135 Å². The number of nitrogens with two attached hydrogens (primary N) is 2. The molecule has 1 aliphatic carbocycles. The van der Waals surface area contributed by atoms with Crippen molar-refractivity contribution in [3.8, 4) is 5.69 Å². The highest BCUT2D eigenvalue weighted by Gasteiger charge is 2.16. The van der Waals surface area contributed by atoms with Crippen molar-refractivity contribution in [2.24, 2.45) is 11.5 Å². The Balaban J connectivity index is 0.000000132. The highest BCUT2D eigenvalue weighted by molar-refractivity contribution is 9.11. The van der Waals surface area contributed by atoms with Gasteiger partial charge in [-0.05, 0) is 111 Å². The molecule has 4 nitrogen and oxygen atoms in total. The molecule has 0 amide bonds. The highest BCUT2D eigenvalue weighted by Crippen LogP contribution is 2.34. The number of hydrogen-bond donors (Lipinski definition) is 3. The number of nitrogens with one attached hydrogen (secondary N) is 1. The molecular weight excluding hydrogens is 848 g/mol. The third-order valence-corrected chi connectivity index (χ3v) is 12.9. The second-order valence-electron chi connectivity index (χ2n) is 13.9. The third kappa shape index (κ3) is 8.98. The lowest BCUT2D eigenvalue weighted by atomic mass is 9.92. The third-order valence-electron chi connectivity index (χ3n) is 9.95. The van der Waals surface area contributed by atoms with Gasteiger partial charge in [0.05, 0.1) is 11.0 Å². The zero-order chi connectivity index (χ0) is 37.6. The van der Waals surface area contributed by atoms with Crippen LogP contribution in [-0.4, -0.2) is 21.6 Å². The van der Waals surface area contributed by atoms with E-state index < -0.39 is 0 Å². The van der Waals surface area contributed by atoms with Crippen molar-refractivity contribution in [2.75, 3.05) is 0 Å². The summed E-state index contributed by atoms with van der Waals surface area (Å²) in [5, 5.41) is 5.21. The lowest BCUT2D eigenvalue weighted by Gasteiger charge is -2.24. The van der Waals surface area contributed by atoms with Gasteiger partial charge in [-0.15, -0.1) is 0 Å². The van der Waals surface area contributed by atoms with Crippen LogP contribution in [0.5, 0.6) is 0 Å². The van der Waals surface area contributed by atoms with Gasteiger partial charge in [-0.1, -0.05) is 133 Å². The number of aryl methyl sites for hydroxylation is 4. The largest absolute Gasteiger partial charge is 0.355 e. The summed E-state index contributed by atoms with van der Waals surface area (Å²) >= 11 is 10.6. The molecule has 2 aromatic heterocycles. The average Bonchev–Trinajstić information content (AvgIpc) is 3.71. The molecule has 7 heteroatoms. The number of para-hydroxylation sites is 4. The van der Waals surface area contributed by atoms with E-state index in [0.29, 0.717) is 0 Å². The molecule has 2 unspecified atom stereocenters. The molecule has 8 aromatic rings. The number of H-pyrrole nitrogens is 1. The quantitative estimate of drug-likeness (QED) is 0.154. The van der Waals surface area contributed by atoms with E-state index in [1.807, 2.05) is 0 Å². The Bertz CT molecular complexity index is 2340. The molecule has 0 aliphatic heterocycles. The molecular formula is C46H47Br3N4. The Morgan fingerprint density at radius 1 is 0.509 bits per heavy atom. The Morgan fingerprint density at radius 2 is 0.868 bits per heavy atom. The Hall–Kier alpha value is -3.72. The van der Waals surface area contributed by atoms with Crippen molar-refractivity contribution >= 4 is 91.4 Å². The minimum atomic E-state index is 0.281. The van der Waals surface area contributed by atoms with E-state index in [9.17, 15) is 0 Å². The second-order valence-corrected chi connectivity index (χ2v) is 16.4. The van der Waals surface area contributed by atoms with E-state index in [4.69, 9.17) is 11.5 Å². The maximum Gasteiger partial charge on any atom is 0.0541 e. The summed E-state index contributed by atoms with van der Waals surface area (Å²) in [6.07, 6.45) is 4.80. The van der Waals surface area contributed by atoms with Gasteiger partial charge in [-0.2, -0.15) is 0 Å². The lowest BCUT2D eigenvalue weighted by molar-refractivity contribution is 0.385. The molecule has 6 aromatic carbocycles. The molecule has 1 saturated carbocycles. The predicted octanol–water partition coefficient (Wildman–Crippen LogP) is 13.5.